The summed E-state index contributed by atoms with van der Waals surface area (Å²) in [5.41, 5.74) is 1.94. The van der Waals surface area contributed by atoms with Crippen molar-refractivity contribution >= 4 is 0 Å². The first kappa shape index (κ1) is 10.3. The number of aryl methyl sites for hydroxylation is 1. The Balaban J connectivity index is 2.78. The third-order valence-electron chi connectivity index (χ3n) is 2.04. The highest BCUT2D eigenvalue weighted by molar-refractivity contribution is 5.24. The predicted molar refractivity (Wildman–Crippen MR) is 55.8 cm³/mol. The largest absolute Gasteiger partial charge is 0.390 e. The quantitative estimate of drug-likeness (QED) is 0.754. The molecule has 0 saturated carbocycles. The van der Waals surface area contributed by atoms with Crippen molar-refractivity contribution in [3.63, 3.8) is 0 Å². The van der Waals surface area contributed by atoms with Crippen molar-refractivity contribution < 1.29 is 5.11 Å². The van der Waals surface area contributed by atoms with Gasteiger partial charge in [0.05, 0.1) is 5.60 Å². The van der Waals surface area contributed by atoms with Gasteiger partial charge in [-0.3, -0.25) is 0 Å². The first-order chi connectivity index (χ1) is 6.01. The molecule has 0 amide bonds. The fourth-order valence-electron chi connectivity index (χ4n) is 1.46. The summed E-state index contributed by atoms with van der Waals surface area (Å²) in [7, 11) is 0. The van der Waals surface area contributed by atoms with Gasteiger partial charge in [0.2, 0.25) is 0 Å². The van der Waals surface area contributed by atoms with Crippen molar-refractivity contribution in [1.29, 1.82) is 0 Å². The van der Waals surface area contributed by atoms with E-state index in [2.05, 4.69) is 31.2 Å². The van der Waals surface area contributed by atoms with Crippen LogP contribution in [0.1, 0.15) is 31.9 Å². The van der Waals surface area contributed by atoms with E-state index in [-0.39, 0.29) is 0 Å². The molecule has 1 aromatic carbocycles. The molecular weight excluding hydrogens is 160 g/mol. The summed E-state index contributed by atoms with van der Waals surface area (Å²) in [6, 6.07) is 8.41. The van der Waals surface area contributed by atoms with Gasteiger partial charge in [-0.2, -0.15) is 0 Å². The molecule has 0 aliphatic carbocycles. The second-order valence-electron chi connectivity index (χ2n) is 4.16. The van der Waals surface area contributed by atoms with Crippen LogP contribution in [0.4, 0.5) is 0 Å². The van der Waals surface area contributed by atoms with Gasteiger partial charge in [0.1, 0.15) is 0 Å². The van der Waals surface area contributed by atoms with E-state index >= 15 is 0 Å². The Bertz CT molecular complexity index is 271. The lowest BCUT2D eigenvalue weighted by atomic mass is 9.97. The van der Waals surface area contributed by atoms with Gasteiger partial charge in [-0.05, 0) is 31.4 Å². The monoisotopic (exact) mass is 178 g/mol. The average molecular weight is 178 g/mol. The standard InChI is InChI=1S/C12H18O/c1-4-10-6-5-7-11(8-10)9-12(2,3)13/h5-8,13H,4,9H2,1-3H3. The molecule has 0 heterocycles. The average Bonchev–Trinajstić information content (AvgIpc) is 2.01. The summed E-state index contributed by atoms with van der Waals surface area (Å²) in [5, 5.41) is 9.63. The number of benzene rings is 1. The Labute approximate surface area is 80.4 Å². The van der Waals surface area contributed by atoms with E-state index in [0.717, 1.165) is 12.8 Å². The lowest BCUT2D eigenvalue weighted by Gasteiger charge is -2.17. The van der Waals surface area contributed by atoms with Gasteiger partial charge in [0, 0.05) is 6.42 Å². The van der Waals surface area contributed by atoms with Crippen molar-refractivity contribution in [2.24, 2.45) is 0 Å². The molecule has 1 heteroatoms. The van der Waals surface area contributed by atoms with E-state index in [4.69, 9.17) is 0 Å². The third kappa shape index (κ3) is 3.60. The number of aliphatic hydroxyl groups is 1. The Morgan fingerprint density at radius 2 is 1.85 bits per heavy atom. The van der Waals surface area contributed by atoms with E-state index in [1.165, 1.54) is 11.1 Å². The normalized spacial score (nSPS) is 11.7. The minimum Gasteiger partial charge on any atom is -0.390 e. The van der Waals surface area contributed by atoms with Crippen LogP contribution in [0.15, 0.2) is 24.3 Å². The van der Waals surface area contributed by atoms with Crippen molar-refractivity contribution in [2.75, 3.05) is 0 Å². The Hall–Kier alpha value is -0.820. The van der Waals surface area contributed by atoms with Crippen molar-refractivity contribution in [3.05, 3.63) is 35.4 Å². The molecule has 0 aliphatic heterocycles. The Kier molecular flexibility index (Phi) is 3.10. The molecule has 0 saturated heterocycles. The molecule has 0 atom stereocenters. The first-order valence-electron chi connectivity index (χ1n) is 4.81. The summed E-state index contributed by atoms with van der Waals surface area (Å²) in [6.07, 6.45) is 1.78. The molecule has 1 aromatic rings. The molecule has 1 N–H and O–H groups in total. The SMILES string of the molecule is CCc1cccc(CC(C)(C)O)c1. The zero-order chi connectivity index (χ0) is 9.90. The summed E-state index contributed by atoms with van der Waals surface area (Å²) in [5.74, 6) is 0. The predicted octanol–water partition coefficient (Wildman–Crippen LogP) is 2.56. The lowest BCUT2D eigenvalue weighted by Crippen LogP contribution is -2.21. The summed E-state index contributed by atoms with van der Waals surface area (Å²) in [4.78, 5) is 0. The number of hydrogen-bond donors (Lipinski definition) is 1. The van der Waals surface area contributed by atoms with Gasteiger partial charge >= 0.3 is 0 Å². The van der Waals surface area contributed by atoms with Crippen LogP contribution in [0.5, 0.6) is 0 Å². The number of rotatable bonds is 3. The van der Waals surface area contributed by atoms with Crippen LogP contribution in [-0.2, 0) is 12.8 Å². The van der Waals surface area contributed by atoms with Gasteiger partial charge in [0.25, 0.3) is 0 Å². The molecule has 0 radical (unpaired) electrons. The molecule has 72 valence electrons. The van der Waals surface area contributed by atoms with E-state index in [1.54, 1.807) is 0 Å². The molecular formula is C12H18O. The Morgan fingerprint density at radius 3 is 2.38 bits per heavy atom. The van der Waals surface area contributed by atoms with Gasteiger partial charge in [-0.15, -0.1) is 0 Å². The highest BCUT2D eigenvalue weighted by Crippen LogP contribution is 2.13. The molecule has 0 spiro atoms. The summed E-state index contributed by atoms with van der Waals surface area (Å²) in [6.45, 7) is 5.82. The van der Waals surface area contributed by atoms with E-state index in [9.17, 15) is 5.11 Å². The van der Waals surface area contributed by atoms with Crippen LogP contribution in [0.25, 0.3) is 0 Å². The van der Waals surface area contributed by atoms with Crippen molar-refractivity contribution in [1.82, 2.24) is 0 Å². The van der Waals surface area contributed by atoms with Crippen LogP contribution in [0.2, 0.25) is 0 Å². The zero-order valence-electron chi connectivity index (χ0n) is 8.67. The maximum atomic E-state index is 9.63. The van der Waals surface area contributed by atoms with Crippen LogP contribution < -0.4 is 0 Å². The topological polar surface area (TPSA) is 20.2 Å². The first-order valence-corrected chi connectivity index (χ1v) is 4.81. The minimum atomic E-state index is -0.605. The fourth-order valence-corrected chi connectivity index (χ4v) is 1.46. The van der Waals surface area contributed by atoms with Crippen molar-refractivity contribution in [2.45, 2.75) is 39.2 Å². The number of hydrogen-bond acceptors (Lipinski definition) is 1. The maximum absolute atomic E-state index is 9.63. The van der Waals surface area contributed by atoms with Crippen molar-refractivity contribution in [3.8, 4) is 0 Å². The van der Waals surface area contributed by atoms with E-state index in [1.807, 2.05) is 13.8 Å². The summed E-state index contributed by atoms with van der Waals surface area (Å²) >= 11 is 0. The zero-order valence-corrected chi connectivity index (χ0v) is 8.67. The van der Waals surface area contributed by atoms with Gasteiger partial charge < -0.3 is 5.11 Å². The summed E-state index contributed by atoms with van der Waals surface area (Å²) < 4.78 is 0. The highest BCUT2D eigenvalue weighted by atomic mass is 16.3. The molecule has 0 fully saturated rings. The second-order valence-corrected chi connectivity index (χ2v) is 4.16. The van der Waals surface area contributed by atoms with E-state index < -0.39 is 5.60 Å². The lowest BCUT2D eigenvalue weighted by molar-refractivity contribution is 0.0810. The molecule has 1 nitrogen and oxygen atoms in total. The van der Waals surface area contributed by atoms with Gasteiger partial charge in [-0.1, -0.05) is 31.2 Å². The fraction of sp³-hybridized carbons (Fsp3) is 0.500. The molecule has 0 aromatic heterocycles. The smallest absolute Gasteiger partial charge is 0.0631 e. The molecule has 0 bridgehead atoms. The van der Waals surface area contributed by atoms with Crippen LogP contribution in [-0.4, -0.2) is 10.7 Å². The van der Waals surface area contributed by atoms with Crippen LogP contribution in [0.3, 0.4) is 0 Å². The van der Waals surface area contributed by atoms with Crippen LogP contribution >= 0.6 is 0 Å². The highest BCUT2D eigenvalue weighted by Gasteiger charge is 2.12. The van der Waals surface area contributed by atoms with Crippen LogP contribution in [0, 0.1) is 0 Å². The molecule has 0 aliphatic rings. The molecule has 13 heavy (non-hydrogen) atoms. The third-order valence-corrected chi connectivity index (χ3v) is 2.04. The molecule has 1 rings (SSSR count). The maximum Gasteiger partial charge on any atom is 0.0631 e. The second kappa shape index (κ2) is 3.93. The Morgan fingerprint density at radius 1 is 1.23 bits per heavy atom. The van der Waals surface area contributed by atoms with Gasteiger partial charge in [-0.25, -0.2) is 0 Å². The van der Waals surface area contributed by atoms with Gasteiger partial charge in [0.15, 0.2) is 0 Å². The van der Waals surface area contributed by atoms with E-state index in [0.29, 0.717) is 0 Å². The molecule has 0 unspecified atom stereocenters. The minimum absolute atomic E-state index is 0.605.